The summed E-state index contributed by atoms with van der Waals surface area (Å²) in [6.07, 6.45) is 1.72. The van der Waals surface area contributed by atoms with Gasteiger partial charge in [-0.15, -0.1) is 0 Å². The molecule has 2 N–H and O–H groups in total. The van der Waals surface area contributed by atoms with Gasteiger partial charge in [-0.3, -0.25) is 4.68 Å². The first-order valence-corrected chi connectivity index (χ1v) is 6.49. The molecule has 0 saturated carbocycles. The van der Waals surface area contributed by atoms with Crippen molar-refractivity contribution < 1.29 is 9.47 Å². The molecule has 0 aliphatic rings. The van der Waals surface area contributed by atoms with Crippen molar-refractivity contribution >= 4 is 21.7 Å². The lowest BCUT2D eigenvalue weighted by Gasteiger charge is -2.15. The predicted molar refractivity (Wildman–Crippen MR) is 78.6 cm³/mol. The Hall–Kier alpha value is -1.69. The standard InChI is InChI=1S/C13H16BrN3O2/c1-7-10(18-3)5-8(12(19-4)11(7)14)9-6-16-17(2)13(9)15/h5-6H,15H2,1-4H3. The van der Waals surface area contributed by atoms with Crippen LogP contribution in [0.4, 0.5) is 5.82 Å². The maximum Gasteiger partial charge on any atom is 0.141 e. The van der Waals surface area contributed by atoms with Crippen molar-refractivity contribution in [2.45, 2.75) is 6.92 Å². The van der Waals surface area contributed by atoms with Crippen molar-refractivity contribution in [1.82, 2.24) is 9.78 Å². The molecule has 0 aliphatic heterocycles. The van der Waals surface area contributed by atoms with E-state index in [1.54, 1.807) is 32.1 Å². The highest BCUT2D eigenvalue weighted by Crippen LogP contribution is 2.44. The number of rotatable bonds is 3. The Morgan fingerprint density at radius 2 is 1.95 bits per heavy atom. The number of nitrogens with two attached hydrogens (primary N) is 1. The molecule has 0 saturated heterocycles. The molecule has 0 atom stereocenters. The molecule has 2 aromatic rings. The second-order valence-electron chi connectivity index (χ2n) is 4.17. The van der Waals surface area contributed by atoms with E-state index >= 15 is 0 Å². The van der Waals surface area contributed by atoms with Crippen molar-refractivity contribution in [3.05, 3.63) is 22.3 Å². The van der Waals surface area contributed by atoms with Gasteiger partial charge in [-0.05, 0) is 28.9 Å². The third-order valence-corrected chi connectivity index (χ3v) is 4.07. The Kier molecular flexibility index (Phi) is 3.71. The number of methoxy groups -OCH3 is 2. The molecule has 102 valence electrons. The summed E-state index contributed by atoms with van der Waals surface area (Å²) in [5.41, 5.74) is 8.67. The fraction of sp³-hybridized carbons (Fsp3) is 0.308. The Morgan fingerprint density at radius 3 is 2.42 bits per heavy atom. The van der Waals surface area contributed by atoms with Crippen LogP contribution in [0.15, 0.2) is 16.7 Å². The van der Waals surface area contributed by atoms with Crippen LogP contribution < -0.4 is 15.2 Å². The van der Waals surface area contributed by atoms with Gasteiger partial charge in [0.2, 0.25) is 0 Å². The van der Waals surface area contributed by atoms with Gasteiger partial charge in [0.05, 0.1) is 24.9 Å². The molecular weight excluding hydrogens is 310 g/mol. The number of anilines is 1. The van der Waals surface area contributed by atoms with Crippen LogP contribution >= 0.6 is 15.9 Å². The van der Waals surface area contributed by atoms with E-state index in [2.05, 4.69) is 21.0 Å². The molecule has 5 nitrogen and oxygen atoms in total. The number of benzene rings is 1. The quantitative estimate of drug-likeness (QED) is 0.942. The summed E-state index contributed by atoms with van der Waals surface area (Å²) in [7, 11) is 5.06. The first-order valence-electron chi connectivity index (χ1n) is 5.70. The van der Waals surface area contributed by atoms with Crippen LogP contribution in [0.1, 0.15) is 5.56 Å². The summed E-state index contributed by atoms with van der Waals surface area (Å²) < 4.78 is 13.3. The van der Waals surface area contributed by atoms with E-state index in [0.29, 0.717) is 5.82 Å². The van der Waals surface area contributed by atoms with Gasteiger partial charge < -0.3 is 15.2 Å². The van der Waals surface area contributed by atoms with Crippen molar-refractivity contribution in [3.63, 3.8) is 0 Å². The average molecular weight is 326 g/mol. The molecule has 0 radical (unpaired) electrons. The molecule has 0 aliphatic carbocycles. The molecule has 2 rings (SSSR count). The Bertz CT molecular complexity index is 623. The maximum absolute atomic E-state index is 6.03. The highest BCUT2D eigenvalue weighted by molar-refractivity contribution is 9.10. The summed E-state index contributed by atoms with van der Waals surface area (Å²) >= 11 is 3.54. The first kappa shape index (κ1) is 13.7. The van der Waals surface area contributed by atoms with Crippen LogP contribution in [0.2, 0.25) is 0 Å². The molecule has 19 heavy (non-hydrogen) atoms. The van der Waals surface area contributed by atoms with Crippen molar-refractivity contribution in [2.24, 2.45) is 7.05 Å². The monoisotopic (exact) mass is 325 g/mol. The van der Waals surface area contributed by atoms with Crippen molar-refractivity contribution in [3.8, 4) is 22.6 Å². The van der Waals surface area contributed by atoms with Gasteiger partial charge in [-0.1, -0.05) is 0 Å². The van der Waals surface area contributed by atoms with Gasteiger partial charge in [0.25, 0.3) is 0 Å². The van der Waals surface area contributed by atoms with Crippen LogP contribution in [0, 0.1) is 6.92 Å². The van der Waals surface area contributed by atoms with Crippen LogP contribution in [0.5, 0.6) is 11.5 Å². The first-order chi connectivity index (χ1) is 9.01. The van der Waals surface area contributed by atoms with Crippen molar-refractivity contribution in [2.75, 3.05) is 20.0 Å². The van der Waals surface area contributed by atoms with E-state index in [1.807, 2.05) is 13.0 Å². The highest BCUT2D eigenvalue weighted by atomic mass is 79.9. The third kappa shape index (κ3) is 2.16. The van der Waals surface area contributed by atoms with Gasteiger partial charge in [-0.2, -0.15) is 5.10 Å². The van der Waals surface area contributed by atoms with Crippen molar-refractivity contribution in [1.29, 1.82) is 0 Å². The summed E-state index contributed by atoms with van der Waals surface area (Å²) in [4.78, 5) is 0. The number of aryl methyl sites for hydroxylation is 1. The molecule has 1 aromatic heterocycles. The lowest BCUT2D eigenvalue weighted by molar-refractivity contribution is 0.399. The molecule has 0 spiro atoms. The topological polar surface area (TPSA) is 62.3 Å². The number of nitrogen functional groups attached to an aromatic ring is 1. The molecule has 0 unspecified atom stereocenters. The van der Waals surface area contributed by atoms with Gasteiger partial charge in [-0.25, -0.2) is 0 Å². The Labute approximate surface area is 120 Å². The smallest absolute Gasteiger partial charge is 0.141 e. The highest BCUT2D eigenvalue weighted by Gasteiger charge is 2.19. The Balaban J connectivity index is 2.75. The van der Waals surface area contributed by atoms with Gasteiger partial charge in [0, 0.05) is 23.7 Å². The van der Waals surface area contributed by atoms with Gasteiger partial charge in [0.1, 0.15) is 17.3 Å². The zero-order chi connectivity index (χ0) is 14.2. The average Bonchev–Trinajstić information content (AvgIpc) is 2.73. The third-order valence-electron chi connectivity index (χ3n) is 3.12. The van der Waals surface area contributed by atoms with Crippen LogP contribution in [-0.4, -0.2) is 24.0 Å². The van der Waals surface area contributed by atoms with Gasteiger partial charge in [0.15, 0.2) is 0 Å². The fourth-order valence-corrected chi connectivity index (χ4v) is 2.54. The Morgan fingerprint density at radius 1 is 1.26 bits per heavy atom. The molecule has 1 heterocycles. The number of halogens is 1. The second kappa shape index (κ2) is 5.13. The number of nitrogens with zero attached hydrogens (tertiary/aromatic N) is 2. The molecule has 0 bridgehead atoms. The van der Waals surface area contributed by atoms with E-state index in [4.69, 9.17) is 15.2 Å². The number of hydrogen-bond acceptors (Lipinski definition) is 4. The lowest BCUT2D eigenvalue weighted by Crippen LogP contribution is -2.00. The minimum Gasteiger partial charge on any atom is -0.496 e. The summed E-state index contributed by atoms with van der Waals surface area (Å²) in [6, 6.07) is 1.91. The molecule has 0 amide bonds. The lowest BCUT2D eigenvalue weighted by atomic mass is 10.0. The van der Waals surface area contributed by atoms with Crippen LogP contribution in [-0.2, 0) is 7.05 Å². The van der Waals surface area contributed by atoms with E-state index in [0.717, 1.165) is 32.7 Å². The zero-order valence-corrected chi connectivity index (χ0v) is 12.9. The minimum absolute atomic E-state index is 0.580. The fourth-order valence-electron chi connectivity index (χ4n) is 1.97. The van der Waals surface area contributed by atoms with E-state index in [1.165, 1.54) is 0 Å². The predicted octanol–water partition coefficient (Wildman–Crippen LogP) is 2.76. The largest absolute Gasteiger partial charge is 0.496 e. The molecular formula is C13H16BrN3O2. The normalized spacial score (nSPS) is 10.6. The summed E-state index contributed by atoms with van der Waals surface area (Å²) in [6.45, 7) is 1.96. The number of aromatic nitrogens is 2. The summed E-state index contributed by atoms with van der Waals surface area (Å²) in [5, 5.41) is 4.16. The summed E-state index contributed by atoms with van der Waals surface area (Å²) in [5.74, 6) is 2.07. The minimum atomic E-state index is 0.580. The number of hydrogen-bond donors (Lipinski definition) is 1. The number of ether oxygens (including phenoxy) is 2. The molecule has 1 aromatic carbocycles. The van der Waals surface area contributed by atoms with Crippen LogP contribution in [0.3, 0.4) is 0 Å². The zero-order valence-electron chi connectivity index (χ0n) is 11.3. The maximum atomic E-state index is 6.03. The van der Waals surface area contributed by atoms with E-state index < -0.39 is 0 Å². The molecule has 6 heteroatoms. The van der Waals surface area contributed by atoms with Crippen LogP contribution in [0.25, 0.3) is 11.1 Å². The van der Waals surface area contributed by atoms with Gasteiger partial charge >= 0.3 is 0 Å². The SMILES string of the molecule is COc1cc(-c2cnn(C)c2N)c(OC)c(Br)c1C. The van der Waals surface area contributed by atoms with E-state index in [-0.39, 0.29) is 0 Å². The molecule has 0 fully saturated rings. The van der Waals surface area contributed by atoms with E-state index in [9.17, 15) is 0 Å². The second-order valence-corrected chi connectivity index (χ2v) is 4.96.